The fraction of sp³-hybridized carbons (Fsp3) is 0.462. The Hall–Kier alpha value is -2.56. The number of hydrogen-bond acceptors (Lipinski definition) is 5. The van der Waals surface area contributed by atoms with Crippen molar-refractivity contribution >= 4 is 26.7 Å². The van der Waals surface area contributed by atoms with Gasteiger partial charge in [-0.1, -0.05) is 36.8 Å². The van der Waals surface area contributed by atoms with Gasteiger partial charge in [-0.2, -0.15) is 21.6 Å². The minimum absolute atomic E-state index is 0.0709. The van der Waals surface area contributed by atoms with Crippen LogP contribution in [0.1, 0.15) is 37.7 Å². The summed E-state index contributed by atoms with van der Waals surface area (Å²) in [5.41, 5.74) is -3.65. The molecule has 2 aliphatic heterocycles. The van der Waals surface area contributed by atoms with Gasteiger partial charge in [0.1, 0.15) is 11.3 Å². The molecule has 1 N–H and O–H groups in total. The first-order valence-electron chi connectivity index (χ1n) is 12.4. The number of nitrogens with one attached hydrogen (secondary N) is 1. The van der Waals surface area contributed by atoms with Gasteiger partial charge < -0.3 is 9.32 Å². The fourth-order valence-corrected chi connectivity index (χ4v) is 5.93. The lowest BCUT2D eigenvalue weighted by atomic mass is 9.99. The summed E-state index contributed by atoms with van der Waals surface area (Å²) in [5, 5.41) is 0.606. The van der Waals surface area contributed by atoms with E-state index in [2.05, 4.69) is 9.80 Å². The molecular weight excluding hydrogens is 491 g/mol. The lowest BCUT2D eigenvalue weighted by molar-refractivity contribution is -0.0429. The summed E-state index contributed by atoms with van der Waals surface area (Å²) < 4.78 is 71.3. The number of furan rings is 1. The van der Waals surface area contributed by atoms with E-state index in [4.69, 9.17) is 4.42 Å². The molecule has 0 aliphatic carbocycles. The van der Waals surface area contributed by atoms with E-state index in [0.717, 1.165) is 44.6 Å². The van der Waals surface area contributed by atoms with E-state index < -0.39 is 15.5 Å². The third-order valence-corrected chi connectivity index (χ3v) is 8.36. The Bertz CT molecular complexity index is 1290. The van der Waals surface area contributed by atoms with Crippen molar-refractivity contribution in [1.29, 1.82) is 0 Å². The molecule has 1 aromatic heterocycles. The number of hydrogen-bond donors (Lipinski definition) is 1. The van der Waals surface area contributed by atoms with Crippen molar-refractivity contribution in [1.82, 2.24) is 9.80 Å². The third kappa shape index (κ3) is 5.26. The van der Waals surface area contributed by atoms with E-state index >= 15 is 0 Å². The third-order valence-electron chi connectivity index (χ3n) is 7.27. The Kier molecular flexibility index (Phi) is 7.02. The molecule has 3 aromatic rings. The van der Waals surface area contributed by atoms with Crippen LogP contribution in [0.2, 0.25) is 0 Å². The minimum Gasteiger partial charge on any atom is -0.456 e. The highest BCUT2D eigenvalue weighted by molar-refractivity contribution is 7.93. The summed E-state index contributed by atoms with van der Waals surface area (Å²) in [5.74, 6) is 0.575. The number of halogens is 3. The number of fused-ring (bicyclic) bond motifs is 1. The summed E-state index contributed by atoms with van der Waals surface area (Å²) in [4.78, 5) is 4.75. The SMILES string of the molecule is O=S(=O)(Nc1ccc2oc(-c3ccccc3)cc2c1CN1CCC(N2CCCCC2)CC1)C(F)(F)F. The van der Waals surface area contributed by atoms with Gasteiger partial charge in [-0.25, -0.2) is 0 Å². The molecule has 3 heterocycles. The van der Waals surface area contributed by atoms with Crippen molar-refractivity contribution in [3.05, 3.63) is 54.1 Å². The van der Waals surface area contributed by atoms with E-state index in [9.17, 15) is 21.6 Å². The van der Waals surface area contributed by atoms with Gasteiger partial charge in [-0.05, 0) is 70.1 Å². The summed E-state index contributed by atoms with van der Waals surface area (Å²) >= 11 is 0. The van der Waals surface area contributed by atoms with E-state index in [1.165, 1.54) is 31.4 Å². The monoisotopic (exact) mass is 521 g/mol. The molecule has 10 heteroatoms. The van der Waals surface area contributed by atoms with Gasteiger partial charge in [0.05, 0.1) is 5.69 Å². The molecule has 0 amide bonds. The van der Waals surface area contributed by atoms with Gasteiger partial charge in [0.25, 0.3) is 0 Å². The van der Waals surface area contributed by atoms with Gasteiger partial charge >= 0.3 is 15.5 Å². The molecular formula is C26H30F3N3O3S. The van der Waals surface area contributed by atoms with Crippen LogP contribution in [0.15, 0.2) is 52.9 Å². The Balaban J connectivity index is 1.44. The second kappa shape index (κ2) is 10.1. The maximum Gasteiger partial charge on any atom is 0.516 e. The number of sulfonamides is 1. The quantitative estimate of drug-likeness (QED) is 0.443. The van der Waals surface area contributed by atoms with Crippen LogP contribution in [-0.4, -0.2) is 55.9 Å². The van der Waals surface area contributed by atoms with Crippen LogP contribution in [0, 0.1) is 0 Å². The summed E-state index contributed by atoms with van der Waals surface area (Å²) in [6.45, 7) is 4.18. The minimum atomic E-state index is -5.56. The topological polar surface area (TPSA) is 65.8 Å². The summed E-state index contributed by atoms with van der Waals surface area (Å²) in [6.07, 6.45) is 5.72. The standard InChI is InChI=1S/C26H30F3N3O3S/c27-26(28,29)36(33,34)30-23-9-10-24-21(17-25(35-24)19-7-3-1-4-8-19)22(23)18-31-15-11-20(12-16-31)32-13-5-2-6-14-32/h1,3-4,7-10,17,20,30H,2,5-6,11-16,18H2. The lowest BCUT2D eigenvalue weighted by Crippen LogP contribution is -2.46. The Labute approximate surface area is 209 Å². The molecule has 0 spiro atoms. The number of piperidine rings is 2. The Morgan fingerprint density at radius 3 is 2.31 bits per heavy atom. The van der Waals surface area contributed by atoms with Crippen LogP contribution < -0.4 is 4.72 Å². The van der Waals surface area contributed by atoms with Crippen LogP contribution in [0.5, 0.6) is 0 Å². The zero-order valence-electron chi connectivity index (χ0n) is 19.9. The van der Waals surface area contributed by atoms with E-state index in [-0.39, 0.29) is 5.69 Å². The molecule has 0 saturated carbocycles. The fourth-order valence-electron chi connectivity index (χ4n) is 5.33. The zero-order chi connectivity index (χ0) is 25.3. The lowest BCUT2D eigenvalue weighted by Gasteiger charge is -2.40. The largest absolute Gasteiger partial charge is 0.516 e. The number of nitrogens with zero attached hydrogens (tertiary/aromatic N) is 2. The number of alkyl halides is 3. The maximum absolute atomic E-state index is 13.2. The highest BCUT2D eigenvalue weighted by Crippen LogP contribution is 2.36. The normalized spacial score (nSPS) is 19.1. The zero-order valence-corrected chi connectivity index (χ0v) is 20.7. The number of rotatable bonds is 6. The Morgan fingerprint density at radius 1 is 0.944 bits per heavy atom. The average molecular weight is 522 g/mol. The van der Waals surface area contributed by atoms with Gasteiger partial charge in [-0.15, -0.1) is 0 Å². The van der Waals surface area contributed by atoms with Crippen LogP contribution in [-0.2, 0) is 16.6 Å². The molecule has 0 atom stereocenters. The van der Waals surface area contributed by atoms with Crippen molar-refractivity contribution in [3.8, 4) is 11.3 Å². The summed E-state index contributed by atoms with van der Waals surface area (Å²) in [7, 11) is -5.56. The average Bonchev–Trinajstić information content (AvgIpc) is 3.31. The van der Waals surface area contributed by atoms with Crippen molar-refractivity contribution in [3.63, 3.8) is 0 Å². The predicted molar refractivity (Wildman–Crippen MR) is 134 cm³/mol. The molecule has 2 fully saturated rings. The van der Waals surface area contributed by atoms with Crippen LogP contribution in [0.25, 0.3) is 22.3 Å². The second-order valence-corrected chi connectivity index (χ2v) is 11.3. The van der Waals surface area contributed by atoms with Crippen molar-refractivity contribution in [2.24, 2.45) is 0 Å². The number of likely N-dealkylation sites (tertiary alicyclic amines) is 2. The predicted octanol–water partition coefficient (Wildman–Crippen LogP) is 5.81. The first-order chi connectivity index (χ1) is 17.2. The molecule has 5 rings (SSSR count). The van der Waals surface area contributed by atoms with Gasteiger partial charge in [0, 0.05) is 29.1 Å². The smallest absolute Gasteiger partial charge is 0.456 e. The van der Waals surface area contributed by atoms with Crippen molar-refractivity contribution < 1.29 is 26.0 Å². The first-order valence-corrected chi connectivity index (χ1v) is 13.9. The van der Waals surface area contributed by atoms with Crippen LogP contribution in [0.4, 0.5) is 18.9 Å². The molecule has 6 nitrogen and oxygen atoms in total. The van der Waals surface area contributed by atoms with E-state index in [1.807, 2.05) is 30.3 Å². The molecule has 194 valence electrons. The highest BCUT2D eigenvalue weighted by atomic mass is 32.2. The van der Waals surface area contributed by atoms with Crippen LogP contribution >= 0.6 is 0 Å². The maximum atomic E-state index is 13.2. The van der Waals surface area contributed by atoms with Crippen molar-refractivity contribution in [2.75, 3.05) is 30.9 Å². The second-order valence-electron chi connectivity index (χ2n) is 9.64. The van der Waals surface area contributed by atoms with E-state index in [1.54, 1.807) is 10.8 Å². The van der Waals surface area contributed by atoms with Gasteiger partial charge in [0.15, 0.2) is 0 Å². The molecule has 2 aliphatic rings. The highest BCUT2D eigenvalue weighted by Gasteiger charge is 2.46. The van der Waals surface area contributed by atoms with Gasteiger partial charge in [0.2, 0.25) is 0 Å². The number of anilines is 1. The number of benzene rings is 2. The molecule has 2 aromatic carbocycles. The molecule has 0 radical (unpaired) electrons. The molecule has 2 saturated heterocycles. The van der Waals surface area contributed by atoms with E-state index in [0.29, 0.717) is 34.9 Å². The first kappa shape index (κ1) is 25.1. The Morgan fingerprint density at radius 2 is 1.64 bits per heavy atom. The molecule has 0 bridgehead atoms. The summed E-state index contributed by atoms with van der Waals surface area (Å²) in [6, 6.07) is 14.6. The van der Waals surface area contributed by atoms with Crippen LogP contribution in [0.3, 0.4) is 0 Å². The van der Waals surface area contributed by atoms with Crippen molar-refractivity contribution in [2.45, 2.75) is 50.2 Å². The van der Waals surface area contributed by atoms with Gasteiger partial charge in [-0.3, -0.25) is 9.62 Å². The molecule has 36 heavy (non-hydrogen) atoms. The molecule has 0 unspecified atom stereocenters.